The molecule has 3 rings (SSSR count). The van der Waals surface area contributed by atoms with Gasteiger partial charge in [-0.3, -0.25) is 0 Å². The smallest absolute Gasteiger partial charge is 0.139 e. The van der Waals surface area contributed by atoms with Crippen LogP contribution in [0.15, 0.2) is 54.6 Å². The number of nitrogens with one attached hydrogen (secondary N) is 1. The number of hydrogen-bond donors (Lipinski definition) is 2. The Morgan fingerprint density at radius 3 is 2.10 bits per heavy atom. The van der Waals surface area contributed by atoms with Gasteiger partial charge >= 0.3 is 0 Å². The van der Waals surface area contributed by atoms with Crippen molar-refractivity contribution in [2.75, 3.05) is 26.2 Å². The van der Waals surface area contributed by atoms with Gasteiger partial charge in [0.1, 0.15) is 32.2 Å². The summed E-state index contributed by atoms with van der Waals surface area (Å²) in [5.74, 6) is 0. The lowest BCUT2D eigenvalue weighted by atomic mass is 9.96. The maximum atomic E-state index is 6.04. The van der Waals surface area contributed by atoms with E-state index in [1.807, 2.05) is 12.1 Å². The van der Waals surface area contributed by atoms with Crippen LogP contribution in [0.25, 0.3) is 0 Å². The summed E-state index contributed by atoms with van der Waals surface area (Å²) in [5, 5.41) is 3.22. The largest absolute Gasteiger partial charge is 0.337 e. The number of hydrogen-bond acceptors (Lipinski definition) is 0. The molecule has 0 bridgehead atoms. The van der Waals surface area contributed by atoms with Gasteiger partial charge < -0.3 is 10.2 Å². The van der Waals surface area contributed by atoms with E-state index in [1.54, 1.807) is 4.90 Å². The topological polar surface area (TPSA) is 21.1 Å². The highest BCUT2D eigenvalue weighted by Crippen LogP contribution is 2.21. The van der Waals surface area contributed by atoms with E-state index in [2.05, 4.69) is 47.8 Å². The van der Waals surface area contributed by atoms with Crippen LogP contribution >= 0.6 is 11.6 Å². The maximum Gasteiger partial charge on any atom is 0.139 e. The van der Waals surface area contributed by atoms with Crippen molar-refractivity contribution in [2.24, 2.45) is 0 Å². The van der Waals surface area contributed by atoms with Gasteiger partial charge in [-0.05, 0) is 12.1 Å². The van der Waals surface area contributed by atoms with Gasteiger partial charge in [0.15, 0.2) is 0 Å². The van der Waals surface area contributed by atoms with E-state index >= 15 is 0 Å². The molecule has 0 aromatic heterocycles. The highest BCUT2D eigenvalue weighted by atomic mass is 35.5. The molecule has 1 saturated heterocycles. The summed E-state index contributed by atoms with van der Waals surface area (Å²) >= 11 is 6.04. The summed E-state index contributed by atoms with van der Waals surface area (Å²) in [6.07, 6.45) is 0. The Balaban J connectivity index is 1.96. The van der Waals surface area contributed by atoms with E-state index in [1.165, 1.54) is 37.3 Å². The highest BCUT2D eigenvalue weighted by Gasteiger charge is 2.28. The van der Waals surface area contributed by atoms with E-state index in [-0.39, 0.29) is 0 Å². The van der Waals surface area contributed by atoms with Crippen LogP contribution < -0.4 is 10.2 Å². The quantitative estimate of drug-likeness (QED) is 0.837. The monoisotopic (exact) mass is 288 g/mol. The fourth-order valence-corrected chi connectivity index (χ4v) is 3.22. The van der Waals surface area contributed by atoms with Crippen molar-refractivity contribution in [3.05, 3.63) is 70.7 Å². The molecule has 0 aliphatic carbocycles. The molecule has 0 radical (unpaired) electrons. The van der Waals surface area contributed by atoms with Crippen molar-refractivity contribution in [2.45, 2.75) is 6.04 Å². The van der Waals surface area contributed by atoms with Crippen LogP contribution in [0.2, 0.25) is 5.02 Å². The molecule has 0 amide bonds. The summed E-state index contributed by atoms with van der Waals surface area (Å²) in [6.45, 7) is 4.85. The SMILES string of the molecule is Clc1ccc([C@H](c2ccccc2)[NH+]2CC[NH2+]CC2)cc1. The molecule has 0 saturated carbocycles. The van der Waals surface area contributed by atoms with Gasteiger partial charge in [0.05, 0.1) is 0 Å². The number of quaternary nitrogens is 2. The second-order valence-corrected chi connectivity index (χ2v) is 5.86. The minimum atomic E-state index is 0.419. The molecule has 0 spiro atoms. The fraction of sp³-hybridized carbons (Fsp3) is 0.294. The average molecular weight is 289 g/mol. The van der Waals surface area contributed by atoms with Crippen molar-refractivity contribution in [3.8, 4) is 0 Å². The number of rotatable bonds is 3. The Hall–Kier alpha value is -1.35. The van der Waals surface area contributed by atoms with E-state index in [9.17, 15) is 0 Å². The van der Waals surface area contributed by atoms with Crippen molar-refractivity contribution in [3.63, 3.8) is 0 Å². The fourth-order valence-electron chi connectivity index (χ4n) is 3.10. The Bertz CT molecular complexity index is 533. The Kier molecular flexibility index (Phi) is 4.36. The Morgan fingerprint density at radius 2 is 1.45 bits per heavy atom. The molecule has 1 atom stereocenters. The molecule has 104 valence electrons. The molecular weight excluding hydrogens is 268 g/mol. The lowest BCUT2D eigenvalue weighted by Gasteiger charge is -2.31. The zero-order valence-corrected chi connectivity index (χ0v) is 12.3. The summed E-state index contributed by atoms with van der Waals surface area (Å²) in [6, 6.07) is 19.6. The number of piperazine rings is 1. The summed E-state index contributed by atoms with van der Waals surface area (Å²) in [7, 11) is 0. The van der Waals surface area contributed by atoms with Gasteiger partial charge in [-0.15, -0.1) is 0 Å². The number of benzene rings is 2. The first kappa shape index (κ1) is 13.6. The standard InChI is InChI=1S/C17H19ClN2/c18-16-8-6-15(7-9-16)17(14-4-2-1-3-5-14)20-12-10-19-11-13-20/h1-9,17,19H,10-13H2/p+2/t17-/m0/s1. The second-order valence-electron chi connectivity index (χ2n) is 5.42. The molecule has 20 heavy (non-hydrogen) atoms. The molecule has 1 heterocycles. The normalized spacial score (nSPS) is 17.9. The first-order chi connectivity index (χ1) is 9.84. The predicted molar refractivity (Wildman–Crippen MR) is 82.1 cm³/mol. The maximum absolute atomic E-state index is 6.04. The van der Waals surface area contributed by atoms with Gasteiger partial charge in [-0.25, -0.2) is 0 Å². The molecule has 2 aromatic rings. The summed E-state index contributed by atoms with van der Waals surface area (Å²) in [4.78, 5) is 1.65. The van der Waals surface area contributed by atoms with Crippen LogP contribution in [0.3, 0.4) is 0 Å². The minimum Gasteiger partial charge on any atom is -0.337 e. The molecule has 1 aliphatic rings. The van der Waals surface area contributed by atoms with Gasteiger partial charge in [0.25, 0.3) is 0 Å². The van der Waals surface area contributed by atoms with E-state index < -0.39 is 0 Å². The first-order valence-corrected chi connectivity index (χ1v) is 7.69. The van der Waals surface area contributed by atoms with E-state index in [0.717, 1.165) is 5.02 Å². The van der Waals surface area contributed by atoms with Crippen LogP contribution in [0.4, 0.5) is 0 Å². The minimum absolute atomic E-state index is 0.419. The van der Waals surface area contributed by atoms with Crippen molar-refractivity contribution in [1.29, 1.82) is 0 Å². The first-order valence-electron chi connectivity index (χ1n) is 7.31. The number of halogens is 1. The second kappa shape index (κ2) is 6.40. The van der Waals surface area contributed by atoms with Crippen LogP contribution in [0.1, 0.15) is 17.2 Å². The molecule has 1 fully saturated rings. The zero-order chi connectivity index (χ0) is 13.8. The van der Waals surface area contributed by atoms with Crippen LogP contribution in [0.5, 0.6) is 0 Å². The van der Waals surface area contributed by atoms with Gasteiger partial charge in [0.2, 0.25) is 0 Å². The lowest BCUT2D eigenvalue weighted by molar-refractivity contribution is -0.967. The molecule has 1 aliphatic heterocycles. The molecule has 3 N–H and O–H groups in total. The average Bonchev–Trinajstić information content (AvgIpc) is 2.52. The third kappa shape index (κ3) is 3.04. The molecule has 2 nitrogen and oxygen atoms in total. The third-order valence-corrected chi connectivity index (χ3v) is 4.34. The van der Waals surface area contributed by atoms with Crippen molar-refractivity contribution < 1.29 is 10.2 Å². The molecule has 0 unspecified atom stereocenters. The zero-order valence-electron chi connectivity index (χ0n) is 11.6. The third-order valence-electron chi connectivity index (χ3n) is 4.08. The Morgan fingerprint density at radius 1 is 0.850 bits per heavy atom. The molecular formula is C17H21ClN2+2. The van der Waals surface area contributed by atoms with E-state index in [4.69, 9.17) is 11.6 Å². The summed E-state index contributed by atoms with van der Waals surface area (Å²) in [5.41, 5.74) is 2.75. The highest BCUT2D eigenvalue weighted by molar-refractivity contribution is 6.30. The van der Waals surface area contributed by atoms with Crippen molar-refractivity contribution >= 4 is 11.6 Å². The van der Waals surface area contributed by atoms with Gasteiger partial charge in [0, 0.05) is 16.1 Å². The lowest BCUT2D eigenvalue weighted by Crippen LogP contribution is -3.20. The number of nitrogens with two attached hydrogens (primary N) is 1. The van der Waals surface area contributed by atoms with Crippen LogP contribution in [-0.2, 0) is 0 Å². The van der Waals surface area contributed by atoms with E-state index in [0.29, 0.717) is 6.04 Å². The van der Waals surface area contributed by atoms with Gasteiger partial charge in [-0.1, -0.05) is 54.1 Å². The Labute approximate surface area is 125 Å². The van der Waals surface area contributed by atoms with Gasteiger partial charge in [-0.2, -0.15) is 0 Å². The summed E-state index contributed by atoms with van der Waals surface area (Å²) < 4.78 is 0. The van der Waals surface area contributed by atoms with Crippen molar-refractivity contribution in [1.82, 2.24) is 0 Å². The van der Waals surface area contributed by atoms with Crippen LogP contribution in [0, 0.1) is 0 Å². The molecule has 3 heteroatoms. The van der Waals surface area contributed by atoms with Crippen LogP contribution in [-0.4, -0.2) is 26.2 Å². The molecule has 2 aromatic carbocycles. The predicted octanol–water partition coefficient (Wildman–Crippen LogP) is 0.891.